The van der Waals surface area contributed by atoms with E-state index in [4.69, 9.17) is 37.9 Å². The molecule has 0 aromatic heterocycles. The predicted octanol–water partition coefficient (Wildman–Crippen LogP) is -2.20. The lowest BCUT2D eigenvalue weighted by Gasteiger charge is -2.71. The lowest BCUT2D eigenvalue weighted by atomic mass is 9.35. The molecule has 0 unspecified atom stereocenters. The van der Waals surface area contributed by atoms with Crippen molar-refractivity contribution in [2.75, 3.05) is 26.4 Å². The van der Waals surface area contributed by atoms with Crippen molar-refractivity contribution < 1.29 is 114 Å². The lowest BCUT2D eigenvalue weighted by molar-refractivity contribution is -0.378. The number of fused-ring (bicyclic) bond motifs is 5. The third-order valence-electron chi connectivity index (χ3n) is 20.9. The van der Waals surface area contributed by atoms with E-state index in [1.807, 2.05) is 20.8 Å². The van der Waals surface area contributed by atoms with Crippen LogP contribution in [0, 0.1) is 45.3 Å². The highest BCUT2D eigenvalue weighted by Crippen LogP contribution is 2.76. The van der Waals surface area contributed by atoms with Gasteiger partial charge >= 0.3 is 0 Å². The minimum Gasteiger partial charge on any atom is -0.394 e. The Hall–Kier alpha value is -1.18. The molecule has 0 aromatic carbocycles. The van der Waals surface area contributed by atoms with Gasteiger partial charge in [-0.2, -0.15) is 0 Å². The van der Waals surface area contributed by atoms with Gasteiger partial charge in [-0.05, 0) is 124 Å². The van der Waals surface area contributed by atoms with Crippen molar-refractivity contribution in [1.82, 2.24) is 0 Å². The predicted molar refractivity (Wildman–Crippen MR) is 266 cm³/mol. The molecule has 0 amide bonds. The molecule has 8 rings (SSSR count). The first kappa shape index (κ1) is 61.9. The maximum atomic E-state index is 12.8. The molecule has 446 valence electrons. The molecule has 23 nitrogen and oxygen atoms in total. The number of aliphatic hydroxyl groups excluding tert-OH is 15. The molecule has 4 saturated heterocycles. The Balaban J connectivity index is 1.01. The number of rotatable bonds is 16. The van der Waals surface area contributed by atoms with E-state index in [0.717, 1.165) is 24.8 Å². The van der Waals surface area contributed by atoms with Crippen LogP contribution in [-0.4, -0.2) is 244 Å². The molecule has 4 aliphatic heterocycles. The lowest BCUT2D eigenvalue weighted by Crippen LogP contribution is -2.68. The van der Waals surface area contributed by atoms with Gasteiger partial charge in [-0.1, -0.05) is 46.3 Å². The highest BCUT2D eigenvalue weighted by atomic mass is 16.8. The summed E-state index contributed by atoms with van der Waals surface area (Å²) in [6.07, 6.45) is -25.2. The minimum atomic E-state index is -1.82. The third kappa shape index (κ3) is 10.9. The van der Waals surface area contributed by atoms with Gasteiger partial charge in [0.05, 0.1) is 44.2 Å². The summed E-state index contributed by atoms with van der Waals surface area (Å²) < 4.78 is 48.9. The Morgan fingerprint density at radius 2 is 1.05 bits per heavy atom. The standard InChI is InChI=1S/C54H92O23/c1-23(2)10-9-14-54(8,77-48-44(69)40(65)37(62)29(74-48)22-70-46-42(67)38(63)34(59)26(19-55)71-46)24-11-16-53(7)33(24)25(58)18-31-51(5)15-13-32(50(3,4)30(51)12-17-52(31,53)6)75-49-45(41(66)36(61)28(21-57)73-49)76-47-43(68)39(64)35(60)27(20-56)72-47/h10,24-49,55-69H,9,11-22H2,1-8H3/t24-,25+,26+,27+,28+,29+,30-,31+,32-,33-,34+,35+,36+,37+,38-,39-,40-,41-,42+,43+,44+,45+,46-,47-,48-,49-,51-,52+,53+,54-/m0/s1. The summed E-state index contributed by atoms with van der Waals surface area (Å²) in [5.74, 6) is -0.475. The van der Waals surface area contributed by atoms with Crippen LogP contribution in [0.3, 0.4) is 0 Å². The maximum Gasteiger partial charge on any atom is 0.187 e. The Morgan fingerprint density at radius 3 is 1.64 bits per heavy atom. The monoisotopic (exact) mass is 1110 g/mol. The molecule has 4 aliphatic carbocycles. The molecule has 4 heterocycles. The van der Waals surface area contributed by atoms with Crippen LogP contribution < -0.4 is 0 Å². The average Bonchev–Trinajstić information content (AvgIpc) is 3.96. The van der Waals surface area contributed by atoms with E-state index in [9.17, 15) is 76.6 Å². The van der Waals surface area contributed by atoms with Crippen molar-refractivity contribution in [3.05, 3.63) is 11.6 Å². The van der Waals surface area contributed by atoms with E-state index < -0.39 is 178 Å². The van der Waals surface area contributed by atoms with Gasteiger partial charge in [-0.3, -0.25) is 0 Å². The maximum absolute atomic E-state index is 12.8. The zero-order chi connectivity index (χ0) is 56.6. The number of aliphatic hydroxyl groups is 15. The second kappa shape index (κ2) is 23.5. The number of hydrogen-bond acceptors (Lipinski definition) is 23. The minimum absolute atomic E-state index is 0.0374. The zero-order valence-corrected chi connectivity index (χ0v) is 45.8. The summed E-state index contributed by atoms with van der Waals surface area (Å²) in [7, 11) is 0. The number of ether oxygens (including phenoxy) is 8. The number of allylic oxidation sites excluding steroid dienone is 2. The SMILES string of the molecule is CC(C)=CCC[C@](C)(O[C@@H]1O[C@H](CO[C@H]2O[C@H](CO)[C@@H](O)[C@H](O)[C@H]2O)[C@@H](O)[C@H](O)[C@H]1O)[C@H]1CC[C@]2(C)[C@@H]1[C@H](O)C[C@@H]1[C@@]3(C)CC[C@H](O[C@@H]4O[C@H](CO)[C@@H](O)[C@H](O)[C@H]4O[C@@H]4O[C@H](CO)[C@@H](O)[C@H](O)[C@H]4O)C(C)(C)[C@@H]3CC[C@]12C. The molecule has 8 aliphatic rings. The van der Waals surface area contributed by atoms with Crippen molar-refractivity contribution in [3.63, 3.8) is 0 Å². The van der Waals surface area contributed by atoms with E-state index in [2.05, 4.69) is 40.7 Å². The molecule has 15 N–H and O–H groups in total. The molecular weight excluding hydrogens is 1020 g/mol. The van der Waals surface area contributed by atoms with Gasteiger partial charge in [-0.15, -0.1) is 0 Å². The van der Waals surface area contributed by atoms with Crippen molar-refractivity contribution >= 4 is 0 Å². The van der Waals surface area contributed by atoms with Gasteiger partial charge in [0, 0.05) is 0 Å². The van der Waals surface area contributed by atoms with Crippen LogP contribution in [0.1, 0.15) is 113 Å². The van der Waals surface area contributed by atoms with Crippen LogP contribution in [0.15, 0.2) is 11.6 Å². The van der Waals surface area contributed by atoms with E-state index in [-0.39, 0.29) is 34.5 Å². The second-order valence-electron chi connectivity index (χ2n) is 25.7. The normalized spacial score (nSPS) is 52.7. The topological polar surface area (TPSA) is 377 Å². The van der Waals surface area contributed by atoms with Gasteiger partial charge in [-0.25, -0.2) is 0 Å². The molecule has 30 atom stereocenters. The van der Waals surface area contributed by atoms with Crippen LogP contribution in [-0.2, 0) is 37.9 Å². The van der Waals surface area contributed by atoms with Crippen molar-refractivity contribution in [2.24, 2.45) is 45.3 Å². The van der Waals surface area contributed by atoms with Gasteiger partial charge in [0.2, 0.25) is 0 Å². The summed E-state index contributed by atoms with van der Waals surface area (Å²) in [5.41, 5.74) is -1.59. The van der Waals surface area contributed by atoms with Gasteiger partial charge < -0.3 is 114 Å². The fraction of sp³-hybridized carbons (Fsp3) is 0.963. The van der Waals surface area contributed by atoms with E-state index >= 15 is 0 Å². The first-order valence-corrected chi connectivity index (χ1v) is 27.9. The summed E-state index contributed by atoms with van der Waals surface area (Å²) in [5, 5.41) is 162. The van der Waals surface area contributed by atoms with Crippen molar-refractivity contribution in [2.45, 2.75) is 254 Å². The molecule has 0 spiro atoms. The Morgan fingerprint density at radius 1 is 0.545 bits per heavy atom. The average molecular weight is 1110 g/mol. The first-order chi connectivity index (χ1) is 36.0. The highest BCUT2D eigenvalue weighted by Gasteiger charge is 2.72. The van der Waals surface area contributed by atoms with Crippen molar-refractivity contribution in [3.8, 4) is 0 Å². The van der Waals surface area contributed by atoms with E-state index in [0.29, 0.717) is 38.5 Å². The number of hydrogen-bond donors (Lipinski definition) is 15. The zero-order valence-electron chi connectivity index (χ0n) is 45.8. The molecule has 77 heavy (non-hydrogen) atoms. The summed E-state index contributed by atoms with van der Waals surface area (Å²) in [6, 6.07) is 0. The molecule has 8 fully saturated rings. The third-order valence-corrected chi connectivity index (χ3v) is 20.9. The molecule has 0 aromatic rings. The molecule has 23 heteroatoms. The van der Waals surface area contributed by atoms with Gasteiger partial charge in [0.15, 0.2) is 25.2 Å². The van der Waals surface area contributed by atoms with E-state index in [1.165, 1.54) is 0 Å². The first-order valence-electron chi connectivity index (χ1n) is 27.9. The Bertz CT molecular complexity index is 1990. The van der Waals surface area contributed by atoms with Crippen LogP contribution in [0.5, 0.6) is 0 Å². The van der Waals surface area contributed by atoms with Crippen LogP contribution in [0.4, 0.5) is 0 Å². The van der Waals surface area contributed by atoms with Crippen molar-refractivity contribution in [1.29, 1.82) is 0 Å². The largest absolute Gasteiger partial charge is 0.394 e. The van der Waals surface area contributed by atoms with Gasteiger partial charge in [0.1, 0.15) is 97.7 Å². The molecule has 0 bridgehead atoms. The molecule has 0 radical (unpaired) electrons. The summed E-state index contributed by atoms with van der Waals surface area (Å²) in [6.45, 7) is 14.6. The highest BCUT2D eigenvalue weighted by molar-refractivity contribution is 5.20. The van der Waals surface area contributed by atoms with Crippen LogP contribution >= 0.6 is 0 Å². The second-order valence-corrected chi connectivity index (χ2v) is 25.7. The summed E-state index contributed by atoms with van der Waals surface area (Å²) >= 11 is 0. The van der Waals surface area contributed by atoms with E-state index in [1.54, 1.807) is 0 Å². The smallest absolute Gasteiger partial charge is 0.187 e. The fourth-order valence-electron chi connectivity index (χ4n) is 16.3. The fourth-order valence-corrected chi connectivity index (χ4v) is 16.3. The van der Waals surface area contributed by atoms with Gasteiger partial charge in [0.25, 0.3) is 0 Å². The molecule has 4 saturated carbocycles. The van der Waals surface area contributed by atoms with Crippen LogP contribution in [0.25, 0.3) is 0 Å². The van der Waals surface area contributed by atoms with Crippen LogP contribution in [0.2, 0.25) is 0 Å². The Kier molecular flexibility index (Phi) is 18.9. The Labute approximate surface area is 450 Å². The quantitative estimate of drug-likeness (QED) is 0.0576. The summed E-state index contributed by atoms with van der Waals surface area (Å²) in [4.78, 5) is 0. The molecular formula is C54H92O23.